The molecule has 0 fully saturated rings. The maximum Gasteiger partial charge on any atom is 0.341 e. The number of Topliss-reactive ketones (excluding diaryl/α,β-unsaturated/α-hetero) is 1. The van der Waals surface area contributed by atoms with E-state index in [1.54, 1.807) is 13.0 Å². The molecular weight excluding hydrogens is 372 g/mol. The van der Waals surface area contributed by atoms with E-state index in [1.807, 2.05) is 50.2 Å². The Morgan fingerprint density at radius 3 is 2.43 bits per heavy atom. The third-order valence-electron chi connectivity index (χ3n) is 4.36. The number of para-hydroxylation sites is 1. The second-order valence-corrected chi connectivity index (χ2v) is 7.38. The van der Waals surface area contributed by atoms with E-state index in [2.05, 4.69) is 10.3 Å². The van der Waals surface area contributed by atoms with Gasteiger partial charge in [-0.1, -0.05) is 18.2 Å². The van der Waals surface area contributed by atoms with Crippen molar-refractivity contribution in [2.45, 2.75) is 27.7 Å². The Bertz CT molecular complexity index is 1030. The van der Waals surface area contributed by atoms with Crippen molar-refractivity contribution in [3.05, 3.63) is 64.8 Å². The molecule has 5 nitrogen and oxygen atoms in total. The number of esters is 1. The van der Waals surface area contributed by atoms with Crippen LogP contribution in [0.25, 0.3) is 10.6 Å². The number of anilines is 2. The molecule has 1 aromatic carbocycles. The zero-order chi connectivity index (χ0) is 20.3. The number of thiophene rings is 1. The van der Waals surface area contributed by atoms with Crippen LogP contribution in [0, 0.1) is 13.8 Å². The fraction of sp³-hybridized carbons (Fsp3) is 0.227. The summed E-state index contributed by atoms with van der Waals surface area (Å²) in [5.41, 5.74) is 4.22. The molecule has 0 atom stereocenters. The molecule has 0 spiro atoms. The Morgan fingerprint density at radius 2 is 1.82 bits per heavy atom. The number of carbonyl (C=O) groups is 2. The van der Waals surface area contributed by atoms with Gasteiger partial charge in [0.1, 0.15) is 5.00 Å². The largest absolute Gasteiger partial charge is 0.462 e. The number of ether oxygens (including phenoxy) is 1. The highest BCUT2D eigenvalue weighted by Gasteiger charge is 2.24. The lowest BCUT2D eigenvalue weighted by Crippen LogP contribution is -2.07. The number of rotatable bonds is 6. The van der Waals surface area contributed by atoms with Crippen molar-refractivity contribution in [3.63, 3.8) is 0 Å². The van der Waals surface area contributed by atoms with Crippen molar-refractivity contribution in [1.82, 2.24) is 4.98 Å². The summed E-state index contributed by atoms with van der Waals surface area (Å²) < 4.78 is 5.27. The topological polar surface area (TPSA) is 68.3 Å². The summed E-state index contributed by atoms with van der Waals surface area (Å²) in [4.78, 5) is 29.8. The minimum absolute atomic E-state index is 0.0157. The van der Waals surface area contributed by atoms with Crippen LogP contribution in [0.4, 0.5) is 10.7 Å². The average Bonchev–Trinajstić information content (AvgIpc) is 2.98. The standard InChI is InChI=1S/C22H22N2O3S/c1-5-27-22(26)19-13(2)20(18-12-11-17(15(4)25)14(3)23-18)28-21(19)24-16-9-7-6-8-10-16/h6-12,24H,5H2,1-4H3. The van der Waals surface area contributed by atoms with Crippen LogP contribution in [0.3, 0.4) is 0 Å². The molecule has 3 aromatic rings. The average molecular weight is 394 g/mol. The van der Waals surface area contributed by atoms with E-state index in [1.165, 1.54) is 18.3 Å². The third-order valence-corrected chi connectivity index (χ3v) is 5.59. The van der Waals surface area contributed by atoms with Gasteiger partial charge in [0.2, 0.25) is 0 Å². The van der Waals surface area contributed by atoms with E-state index in [9.17, 15) is 9.59 Å². The monoisotopic (exact) mass is 394 g/mol. The molecule has 0 aliphatic heterocycles. The first-order valence-electron chi connectivity index (χ1n) is 9.03. The number of benzene rings is 1. The van der Waals surface area contributed by atoms with Gasteiger partial charge in [-0.2, -0.15) is 0 Å². The van der Waals surface area contributed by atoms with Crippen molar-refractivity contribution in [2.24, 2.45) is 0 Å². The van der Waals surface area contributed by atoms with Gasteiger partial charge < -0.3 is 10.1 Å². The minimum atomic E-state index is -0.363. The summed E-state index contributed by atoms with van der Waals surface area (Å²) >= 11 is 1.45. The van der Waals surface area contributed by atoms with E-state index in [0.29, 0.717) is 28.4 Å². The number of nitrogens with zero attached hydrogens (tertiary/aromatic N) is 1. The summed E-state index contributed by atoms with van der Waals surface area (Å²) in [5.74, 6) is -0.379. The van der Waals surface area contributed by atoms with Crippen LogP contribution in [0.5, 0.6) is 0 Å². The summed E-state index contributed by atoms with van der Waals surface area (Å²) in [6.45, 7) is 7.33. The summed E-state index contributed by atoms with van der Waals surface area (Å²) in [5, 5.41) is 4.04. The molecule has 1 N–H and O–H groups in total. The Morgan fingerprint density at radius 1 is 1.11 bits per heavy atom. The summed E-state index contributed by atoms with van der Waals surface area (Å²) in [7, 11) is 0. The van der Waals surface area contributed by atoms with Gasteiger partial charge in [0.15, 0.2) is 5.78 Å². The van der Waals surface area contributed by atoms with E-state index < -0.39 is 0 Å². The van der Waals surface area contributed by atoms with Crippen LogP contribution in [-0.2, 0) is 4.74 Å². The third kappa shape index (κ3) is 3.97. The smallest absolute Gasteiger partial charge is 0.341 e. The minimum Gasteiger partial charge on any atom is -0.462 e. The van der Waals surface area contributed by atoms with Gasteiger partial charge in [0.05, 0.1) is 22.7 Å². The van der Waals surface area contributed by atoms with Gasteiger partial charge >= 0.3 is 5.97 Å². The number of aryl methyl sites for hydroxylation is 1. The lowest BCUT2D eigenvalue weighted by atomic mass is 10.1. The maximum absolute atomic E-state index is 12.6. The normalized spacial score (nSPS) is 10.6. The summed E-state index contributed by atoms with van der Waals surface area (Å²) in [6.07, 6.45) is 0. The molecule has 0 aliphatic carbocycles. The van der Waals surface area contributed by atoms with E-state index >= 15 is 0 Å². The quantitative estimate of drug-likeness (QED) is 0.438. The molecule has 3 rings (SSSR count). The summed E-state index contributed by atoms with van der Waals surface area (Å²) in [6, 6.07) is 13.3. The molecule has 0 radical (unpaired) electrons. The molecule has 0 saturated heterocycles. The Hall–Kier alpha value is -2.99. The number of hydrogen-bond donors (Lipinski definition) is 1. The van der Waals surface area contributed by atoms with Crippen molar-refractivity contribution < 1.29 is 14.3 Å². The van der Waals surface area contributed by atoms with Crippen LogP contribution >= 0.6 is 11.3 Å². The number of pyridine rings is 1. The van der Waals surface area contributed by atoms with E-state index in [-0.39, 0.29) is 11.8 Å². The maximum atomic E-state index is 12.6. The molecule has 2 heterocycles. The molecule has 28 heavy (non-hydrogen) atoms. The number of carbonyl (C=O) groups excluding carboxylic acids is 2. The number of hydrogen-bond acceptors (Lipinski definition) is 6. The Kier molecular flexibility index (Phi) is 5.90. The highest BCUT2D eigenvalue weighted by molar-refractivity contribution is 7.20. The van der Waals surface area contributed by atoms with Gasteiger partial charge in [-0.3, -0.25) is 9.78 Å². The molecule has 144 valence electrons. The van der Waals surface area contributed by atoms with Crippen molar-refractivity contribution >= 4 is 33.8 Å². The second kappa shape index (κ2) is 8.35. The first-order chi connectivity index (χ1) is 13.4. The molecule has 0 amide bonds. The lowest BCUT2D eigenvalue weighted by molar-refractivity contribution is 0.0527. The first kappa shape index (κ1) is 19.8. The van der Waals surface area contributed by atoms with E-state index in [4.69, 9.17) is 4.74 Å². The van der Waals surface area contributed by atoms with Crippen LogP contribution < -0.4 is 5.32 Å². The predicted octanol–water partition coefficient (Wildman–Crippen LogP) is 5.55. The van der Waals surface area contributed by atoms with Crippen LogP contribution in [0.1, 0.15) is 45.8 Å². The van der Waals surface area contributed by atoms with E-state index in [0.717, 1.165) is 21.8 Å². The van der Waals surface area contributed by atoms with Crippen LogP contribution in [-0.4, -0.2) is 23.3 Å². The van der Waals surface area contributed by atoms with Crippen molar-refractivity contribution in [2.75, 3.05) is 11.9 Å². The molecular formula is C22H22N2O3S. The van der Waals surface area contributed by atoms with Crippen LogP contribution in [0.2, 0.25) is 0 Å². The Balaban J connectivity index is 2.09. The zero-order valence-electron chi connectivity index (χ0n) is 16.3. The first-order valence-corrected chi connectivity index (χ1v) is 9.85. The molecule has 0 unspecified atom stereocenters. The van der Waals surface area contributed by atoms with Crippen molar-refractivity contribution in [1.29, 1.82) is 0 Å². The van der Waals surface area contributed by atoms with Crippen molar-refractivity contribution in [3.8, 4) is 10.6 Å². The van der Waals surface area contributed by atoms with Gasteiger partial charge in [-0.25, -0.2) is 4.79 Å². The van der Waals surface area contributed by atoms with Gasteiger partial charge in [-0.05, 0) is 57.5 Å². The highest BCUT2D eigenvalue weighted by atomic mass is 32.1. The number of aromatic nitrogens is 1. The number of nitrogens with one attached hydrogen (secondary N) is 1. The molecule has 6 heteroatoms. The molecule has 0 saturated carbocycles. The Labute approximate surface area is 168 Å². The SMILES string of the molecule is CCOC(=O)c1c(Nc2ccccc2)sc(-c2ccc(C(C)=O)c(C)n2)c1C. The molecule has 0 aliphatic rings. The van der Waals surface area contributed by atoms with Gasteiger partial charge in [0.25, 0.3) is 0 Å². The van der Waals surface area contributed by atoms with Gasteiger partial charge in [0, 0.05) is 16.9 Å². The molecule has 2 aromatic heterocycles. The van der Waals surface area contributed by atoms with Gasteiger partial charge in [-0.15, -0.1) is 11.3 Å². The second-order valence-electron chi connectivity index (χ2n) is 6.36. The predicted molar refractivity (Wildman–Crippen MR) is 113 cm³/mol. The molecule has 0 bridgehead atoms. The highest BCUT2D eigenvalue weighted by Crippen LogP contribution is 2.41. The lowest BCUT2D eigenvalue weighted by Gasteiger charge is -2.07. The van der Waals surface area contributed by atoms with Crippen LogP contribution in [0.15, 0.2) is 42.5 Å². The fourth-order valence-corrected chi connectivity index (χ4v) is 4.19. The fourth-order valence-electron chi connectivity index (χ4n) is 3.01. The zero-order valence-corrected chi connectivity index (χ0v) is 17.1. The number of ketones is 1.